The summed E-state index contributed by atoms with van der Waals surface area (Å²) in [6.45, 7) is 3.76. The normalized spacial score (nSPS) is 14.2. The van der Waals surface area contributed by atoms with Crippen molar-refractivity contribution in [2.45, 2.75) is 33.1 Å². The van der Waals surface area contributed by atoms with E-state index >= 15 is 0 Å². The standard InChI is InChI=1S/C24H21ClN2O4/c1-14-6-12-18(13-7-14)30-24(29)22-15(2)21-19(4-3-5-20(21)31-22)26-27-23(28)16-8-10-17(25)11-9-16/h6-13H,3-5H2,1-2H3,(H,27,28)/b26-19+. The minimum atomic E-state index is -0.555. The van der Waals surface area contributed by atoms with Crippen LogP contribution in [0.2, 0.25) is 5.02 Å². The van der Waals surface area contributed by atoms with Gasteiger partial charge in [-0.25, -0.2) is 10.2 Å². The fourth-order valence-electron chi connectivity index (χ4n) is 3.52. The molecule has 0 saturated carbocycles. The molecule has 1 heterocycles. The molecule has 158 valence electrons. The Bertz CT molecular complexity index is 1160. The third kappa shape index (κ3) is 4.54. The lowest BCUT2D eigenvalue weighted by atomic mass is 9.93. The van der Waals surface area contributed by atoms with Crippen molar-refractivity contribution in [3.8, 4) is 5.75 Å². The van der Waals surface area contributed by atoms with Crippen LogP contribution < -0.4 is 10.2 Å². The van der Waals surface area contributed by atoms with Crippen LogP contribution in [-0.2, 0) is 6.42 Å². The predicted octanol–water partition coefficient (Wildman–Crippen LogP) is 5.24. The molecular formula is C24H21ClN2O4. The second kappa shape index (κ2) is 8.78. The topological polar surface area (TPSA) is 80.9 Å². The van der Waals surface area contributed by atoms with Gasteiger partial charge in [-0.1, -0.05) is 29.3 Å². The van der Waals surface area contributed by atoms with Crippen molar-refractivity contribution in [1.82, 2.24) is 5.43 Å². The Hall–Kier alpha value is -3.38. The zero-order valence-electron chi connectivity index (χ0n) is 17.2. The summed E-state index contributed by atoms with van der Waals surface area (Å²) in [6, 6.07) is 13.8. The Morgan fingerprint density at radius 1 is 1.03 bits per heavy atom. The summed E-state index contributed by atoms with van der Waals surface area (Å²) >= 11 is 5.87. The monoisotopic (exact) mass is 436 g/mol. The molecule has 0 aliphatic heterocycles. The molecule has 1 aliphatic carbocycles. The van der Waals surface area contributed by atoms with E-state index in [0.717, 1.165) is 17.5 Å². The number of carbonyl (C=O) groups excluding carboxylic acids is 2. The largest absolute Gasteiger partial charge is 0.453 e. The third-order valence-corrected chi connectivity index (χ3v) is 5.39. The van der Waals surface area contributed by atoms with Gasteiger partial charge < -0.3 is 9.15 Å². The number of hydrazone groups is 1. The smallest absolute Gasteiger partial charge is 0.379 e. The Kier molecular flexibility index (Phi) is 5.91. The maximum Gasteiger partial charge on any atom is 0.379 e. The number of rotatable bonds is 4. The molecule has 6 nitrogen and oxygen atoms in total. The molecule has 0 atom stereocenters. The number of nitrogens with zero attached hydrogens (tertiary/aromatic N) is 1. The number of esters is 1. The number of ether oxygens (including phenoxy) is 1. The van der Waals surface area contributed by atoms with E-state index in [9.17, 15) is 9.59 Å². The molecular weight excluding hydrogens is 416 g/mol. The lowest BCUT2D eigenvalue weighted by Gasteiger charge is -2.13. The number of nitrogens with one attached hydrogen (secondary N) is 1. The zero-order chi connectivity index (χ0) is 22.0. The third-order valence-electron chi connectivity index (χ3n) is 5.14. The van der Waals surface area contributed by atoms with Gasteiger partial charge in [0.25, 0.3) is 5.91 Å². The van der Waals surface area contributed by atoms with Crippen molar-refractivity contribution in [1.29, 1.82) is 0 Å². The van der Waals surface area contributed by atoms with Crippen molar-refractivity contribution in [2.24, 2.45) is 5.10 Å². The van der Waals surface area contributed by atoms with E-state index < -0.39 is 5.97 Å². The molecule has 7 heteroatoms. The predicted molar refractivity (Wildman–Crippen MR) is 118 cm³/mol. The highest BCUT2D eigenvalue weighted by Crippen LogP contribution is 2.30. The number of carbonyl (C=O) groups is 2. The highest BCUT2D eigenvalue weighted by Gasteiger charge is 2.29. The molecule has 0 bridgehead atoms. The molecule has 31 heavy (non-hydrogen) atoms. The van der Waals surface area contributed by atoms with E-state index in [1.165, 1.54) is 0 Å². The Labute approximate surface area is 184 Å². The van der Waals surface area contributed by atoms with Crippen LogP contribution in [0.4, 0.5) is 0 Å². The van der Waals surface area contributed by atoms with E-state index in [4.69, 9.17) is 20.8 Å². The van der Waals surface area contributed by atoms with Crippen LogP contribution >= 0.6 is 11.6 Å². The zero-order valence-corrected chi connectivity index (χ0v) is 18.0. The van der Waals surface area contributed by atoms with Gasteiger partial charge >= 0.3 is 5.97 Å². The van der Waals surface area contributed by atoms with Crippen molar-refractivity contribution in [2.75, 3.05) is 0 Å². The van der Waals surface area contributed by atoms with E-state index in [-0.39, 0.29) is 11.7 Å². The number of benzene rings is 2. The van der Waals surface area contributed by atoms with Gasteiger partial charge in [0.2, 0.25) is 5.76 Å². The van der Waals surface area contributed by atoms with Crippen LogP contribution in [0.1, 0.15) is 56.2 Å². The molecule has 0 fully saturated rings. The molecule has 1 aromatic heterocycles. The van der Waals surface area contributed by atoms with Gasteiger partial charge in [0.05, 0.1) is 5.71 Å². The Morgan fingerprint density at radius 3 is 2.45 bits per heavy atom. The molecule has 1 amide bonds. The molecule has 0 radical (unpaired) electrons. The maximum absolute atomic E-state index is 12.7. The number of hydrogen-bond donors (Lipinski definition) is 1. The van der Waals surface area contributed by atoms with Crippen molar-refractivity contribution >= 4 is 29.2 Å². The van der Waals surface area contributed by atoms with Crippen molar-refractivity contribution in [3.05, 3.63) is 87.3 Å². The highest BCUT2D eigenvalue weighted by molar-refractivity contribution is 6.30. The fourth-order valence-corrected chi connectivity index (χ4v) is 3.64. The number of halogens is 1. The first-order chi connectivity index (χ1) is 14.9. The molecule has 2 aromatic carbocycles. The number of hydrogen-bond acceptors (Lipinski definition) is 5. The van der Waals surface area contributed by atoms with Gasteiger partial charge in [-0.3, -0.25) is 4.79 Å². The molecule has 0 saturated heterocycles. The SMILES string of the molecule is Cc1ccc(OC(=O)c2oc3c(c2C)/C(=N/NC(=O)c2ccc(Cl)cc2)CCC3)cc1. The maximum atomic E-state index is 12.7. The number of amides is 1. The average Bonchev–Trinajstić information content (AvgIpc) is 3.11. The van der Waals surface area contributed by atoms with Crippen LogP contribution in [-0.4, -0.2) is 17.6 Å². The lowest BCUT2D eigenvalue weighted by Crippen LogP contribution is -2.22. The molecule has 3 aromatic rings. The van der Waals surface area contributed by atoms with Gasteiger partial charge in [0, 0.05) is 28.1 Å². The van der Waals surface area contributed by atoms with Crippen LogP contribution in [0.15, 0.2) is 58.0 Å². The van der Waals surface area contributed by atoms with Gasteiger partial charge in [0.1, 0.15) is 11.5 Å². The summed E-state index contributed by atoms with van der Waals surface area (Å²) in [7, 11) is 0. The minimum Gasteiger partial charge on any atom is -0.453 e. The average molecular weight is 437 g/mol. The van der Waals surface area contributed by atoms with Gasteiger partial charge in [0.15, 0.2) is 0 Å². The first-order valence-corrected chi connectivity index (χ1v) is 10.3. The summed E-state index contributed by atoms with van der Waals surface area (Å²) in [5.74, 6) is 0.397. The molecule has 0 spiro atoms. The van der Waals surface area contributed by atoms with Crippen LogP contribution in [0.25, 0.3) is 0 Å². The second-order valence-corrected chi connectivity index (χ2v) is 7.85. The minimum absolute atomic E-state index is 0.157. The summed E-state index contributed by atoms with van der Waals surface area (Å²) < 4.78 is 11.3. The van der Waals surface area contributed by atoms with Crippen LogP contribution in [0.3, 0.4) is 0 Å². The fraction of sp³-hybridized carbons (Fsp3) is 0.208. The molecule has 4 rings (SSSR count). The van der Waals surface area contributed by atoms with Crippen molar-refractivity contribution in [3.63, 3.8) is 0 Å². The number of furan rings is 1. The number of aryl methyl sites for hydroxylation is 2. The first-order valence-electron chi connectivity index (χ1n) is 9.96. The quantitative estimate of drug-likeness (QED) is 0.344. The summed E-state index contributed by atoms with van der Waals surface area (Å²) in [6.07, 6.45) is 2.17. The summed E-state index contributed by atoms with van der Waals surface area (Å²) in [4.78, 5) is 25.1. The molecule has 0 unspecified atom stereocenters. The van der Waals surface area contributed by atoms with Gasteiger partial charge in [-0.05, 0) is 63.1 Å². The Balaban J connectivity index is 1.55. The second-order valence-electron chi connectivity index (χ2n) is 7.42. The summed E-state index contributed by atoms with van der Waals surface area (Å²) in [5.41, 5.74) is 6.22. The van der Waals surface area contributed by atoms with Gasteiger partial charge in [-0.2, -0.15) is 5.10 Å². The van der Waals surface area contributed by atoms with Crippen LogP contribution in [0.5, 0.6) is 5.75 Å². The lowest BCUT2D eigenvalue weighted by molar-refractivity contribution is 0.0698. The highest BCUT2D eigenvalue weighted by atomic mass is 35.5. The number of fused-ring (bicyclic) bond motifs is 1. The van der Waals surface area contributed by atoms with Gasteiger partial charge in [-0.15, -0.1) is 0 Å². The Morgan fingerprint density at radius 2 is 1.74 bits per heavy atom. The van der Waals surface area contributed by atoms with Crippen LogP contribution in [0, 0.1) is 13.8 Å². The van der Waals surface area contributed by atoms with Crippen molar-refractivity contribution < 1.29 is 18.7 Å². The van der Waals surface area contributed by atoms with E-state index in [1.54, 1.807) is 43.3 Å². The van der Waals surface area contributed by atoms with E-state index in [2.05, 4.69) is 10.5 Å². The van der Waals surface area contributed by atoms with E-state index in [1.807, 2.05) is 19.1 Å². The van der Waals surface area contributed by atoms with E-state index in [0.29, 0.717) is 46.2 Å². The molecule has 1 aliphatic rings. The molecule has 1 N–H and O–H groups in total. The first kappa shape index (κ1) is 20.9. The summed E-state index contributed by atoms with van der Waals surface area (Å²) in [5, 5.41) is 4.88.